The number of likely N-dealkylation sites (tertiary alicyclic amines) is 1. The normalized spacial score (nSPS) is 26.9. The number of carbonyl (C=O) groups excluding carboxylic acids is 5. The highest BCUT2D eigenvalue weighted by Crippen LogP contribution is 2.53. The van der Waals surface area contributed by atoms with Gasteiger partial charge in [0, 0.05) is 69.9 Å². The Morgan fingerprint density at radius 2 is 1.64 bits per heavy atom. The van der Waals surface area contributed by atoms with Crippen LogP contribution in [0.1, 0.15) is 81.2 Å². The van der Waals surface area contributed by atoms with Gasteiger partial charge in [-0.05, 0) is 111 Å². The maximum absolute atomic E-state index is 13.4. The first-order chi connectivity index (χ1) is 29.5. The molecule has 1 aromatic heterocycles. The number of nitrogens with one attached hydrogen (secondary N) is 2. The monoisotopic (exact) mass is 827 g/mol. The Balaban J connectivity index is 0.707. The van der Waals surface area contributed by atoms with Crippen LogP contribution in [0.25, 0.3) is 0 Å². The Labute approximate surface area is 355 Å². The Morgan fingerprint density at radius 1 is 0.885 bits per heavy atom. The largest absolute Gasteiger partial charge is 0.371 e. The molecule has 0 radical (unpaired) electrons. The molecule has 6 fully saturated rings. The molecule has 0 bridgehead atoms. The summed E-state index contributed by atoms with van der Waals surface area (Å²) in [5, 5.41) is 6.01. The van der Waals surface area contributed by atoms with Crippen molar-refractivity contribution in [1.29, 1.82) is 0 Å². The van der Waals surface area contributed by atoms with Gasteiger partial charge in [0.25, 0.3) is 17.7 Å². The molecule has 6 amide bonds. The zero-order chi connectivity index (χ0) is 42.1. The van der Waals surface area contributed by atoms with Gasteiger partial charge in [-0.2, -0.15) is 0 Å². The van der Waals surface area contributed by atoms with Gasteiger partial charge in [-0.1, -0.05) is 18.7 Å². The van der Waals surface area contributed by atoms with Gasteiger partial charge in [0.15, 0.2) is 11.5 Å². The number of fused-ring (bicyclic) bond motifs is 2. The summed E-state index contributed by atoms with van der Waals surface area (Å²) < 4.78 is 0. The van der Waals surface area contributed by atoms with E-state index in [1.54, 1.807) is 17.2 Å². The van der Waals surface area contributed by atoms with E-state index >= 15 is 0 Å². The molecule has 16 heteroatoms. The molecule has 5 atom stereocenters. The number of urea groups is 1. The third-order valence-corrected chi connectivity index (χ3v) is 14.4. The smallest absolute Gasteiger partial charge is 0.320 e. The van der Waals surface area contributed by atoms with Gasteiger partial charge in [0.2, 0.25) is 5.91 Å². The SMILES string of the molecule is C=C1CCC(N2C(=O)c3ccc(N4C[C@@H]5[C@@H](CN6CCC(c7ccc(Nc8nc(N9CCC[C@@H](N%10CCN(C)C%10=O)C9)cnc8C(N)=O)cc7)CC6)[C@@H]5C4)cc3C2=O)C(=O)N1. The van der Waals surface area contributed by atoms with Gasteiger partial charge in [0.05, 0.1) is 23.4 Å². The second-order valence-corrected chi connectivity index (χ2v) is 18.0. The summed E-state index contributed by atoms with van der Waals surface area (Å²) in [5.74, 6) is 1.56. The van der Waals surface area contributed by atoms with Crippen LogP contribution in [0.5, 0.6) is 0 Å². The number of amides is 6. The van der Waals surface area contributed by atoms with E-state index in [0.717, 1.165) is 94.3 Å². The standard InChI is InChI=1S/C45H53N11O5/c1-26-5-12-37(42(58)48-26)56-43(59)32-11-10-30(20-33(32)44(56)60)54-24-35-34(36(35)25-54)23-52-16-13-28(14-17-52)27-6-8-29(9-7-27)49-41-39(40(46)57)47-21-38(50-41)53-15-3-4-31(22-53)55-19-18-51(2)45(55)61/h6-11,20-21,28,31,34-37H,1,3-5,12-19,22-25H2,2H3,(H2,46,57)(H,48,58)(H,49,50)/t31-,34-,35-,36+,37?/m1/s1. The number of allylic oxidation sites excluding steroid dienone is 1. The van der Waals surface area contributed by atoms with E-state index in [9.17, 15) is 24.0 Å². The number of piperidine rings is 4. The van der Waals surface area contributed by atoms with Crippen molar-refractivity contribution in [3.05, 3.63) is 83.3 Å². The molecule has 7 aliphatic rings. The molecule has 3 aromatic rings. The molecular weight excluding hydrogens is 775 g/mol. The number of likely N-dealkylation sites (N-methyl/N-ethyl adjacent to an activating group) is 1. The minimum Gasteiger partial charge on any atom is -0.371 e. The second-order valence-electron chi connectivity index (χ2n) is 18.0. The van der Waals surface area contributed by atoms with Crippen molar-refractivity contribution in [2.75, 3.05) is 81.1 Å². The maximum atomic E-state index is 13.4. The number of aromatic nitrogens is 2. The third kappa shape index (κ3) is 7.23. The van der Waals surface area contributed by atoms with Crippen LogP contribution >= 0.6 is 0 Å². The number of primary amides is 1. The van der Waals surface area contributed by atoms with Crippen LogP contribution in [0.4, 0.5) is 27.8 Å². The predicted octanol–water partition coefficient (Wildman–Crippen LogP) is 3.61. The minimum absolute atomic E-state index is 0.0668. The van der Waals surface area contributed by atoms with Crippen LogP contribution in [-0.2, 0) is 4.79 Å². The number of carbonyl (C=O) groups is 5. The zero-order valence-electron chi connectivity index (χ0n) is 34.6. The van der Waals surface area contributed by atoms with Crippen LogP contribution in [-0.4, -0.2) is 137 Å². The van der Waals surface area contributed by atoms with Gasteiger partial charge in [-0.25, -0.2) is 14.8 Å². The number of hydrogen-bond donors (Lipinski definition) is 3. The molecule has 1 aliphatic carbocycles. The molecule has 10 rings (SSSR count). The summed E-state index contributed by atoms with van der Waals surface area (Å²) in [6.45, 7) is 11.8. The van der Waals surface area contributed by atoms with E-state index in [-0.39, 0.29) is 23.7 Å². The molecule has 318 valence electrons. The summed E-state index contributed by atoms with van der Waals surface area (Å²) in [6.07, 6.45) is 6.58. The van der Waals surface area contributed by atoms with Crippen LogP contribution in [0, 0.1) is 17.8 Å². The lowest BCUT2D eigenvalue weighted by atomic mass is 9.89. The molecule has 0 spiro atoms. The van der Waals surface area contributed by atoms with Gasteiger partial charge in [-0.15, -0.1) is 0 Å². The van der Waals surface area contributed by atoms with Crippen molar-refractivity contribution in [1.82, 2.24) is 34.9 Å². The lowest BCUT2D eigenvalue weighted by molar-refractivity contribution is -0.125. The lowest BCUT2D eigenvalue weighted by Crippen LogP contribution is -2.51. The van der Waals surface area contributed by atoms with Crippen molar-refractivity contribution in [2.24, 2.45) is 23.5 Å². The minimum atomic E-state index is -0.808. The first kappa shape index (κ1) is 39.1. The fraction of sp³-hybridized carbons (Fsp3) is 0.489. The molecular formula is C45H53N11O5. The number of imide groups is 1. The molecule has 1 unspecified atom stereocenters. The summed E-state index contributed by atoms with van der Waals surface area (Å²) in [6, 6.07) is 13.3. The van der Waals surface area contributed by atoms with Gasteiger partial charge in [0.1, 0.15) is 11.9 Å². The average molecular weight is 828 g/mol. The molecule has 61 heavy (non-hydrogen) atoms. The first-order valence-electron chi connectivity index (χ1n) is 21.8. The highest BCUT2D eigenvalue weighted by Gasteiger charge is 2.56. The van der Waals surface area contributed by atoms with Crippen LogP contribution in [0.15, 0.2) is 60.9 Å². The van der Waals surface area contributed by atoms with E-state index in [4.69, 9.17) is 10.7 Å². The molecule has 6 aliphatic heterocycles. The molecule has 1 saturated carbocycles. The number of anilines is 4. The van der Waals surface area contributed by atoms with Crippen molar-refractivity contribution in [2.45, 2.75) is 56.5 Å². The van der Waals surface area contributed by atoms with Crippen molar-refractivity contribution >= 4 is 52.7 Å². The zero-order valence-corrected chi connectivity index (χ0v) is 34.6. The van der Waals surface area contributed by atoms with E-state index in [1.807, 2.05) is 36.2 Å². The Bertz CT molecular complexity index is 2300. The van der Waals surface area contributed by atoms with Gasteiger partial charge >= 0.3 is 6.03 Å². The van der Waals surface area contributed by atoms with E-state index in [0.29, 0.717) is 71.5 Å². The first-order valence-corrected chi connectivity index (χ1v) is 21.8. The highest BCUT2D eigenvalue weighted by atomic mass is 16.2. The molecule has 7 heterocycles. The van der Waals surface area contributed by atoms with Crippen LogP contribution < -0.4 is 26.2 Å². The molecule has 4 N–H and O–H groups in total. The topological polar surface area (TPSA) is 181 Å². The van der Waals surface area contributed by atoms with Gasteiger partial charge < -0.3 is 40.9 Å². The number of benzene rings is 2. The van der Waals surface area contributed by atoms with Crippen molar-refractivity contribution in [3.63, 3.8) is 0 Å². The molecule has 5 saturated heterocycles. The van der Waals surface area contributed by atoms with Crippen molar-refractivity contribution < 1.29 is 24.0 Å². The van der Waals surface area contributed by atoms with Crippen molar-refractivity contribution in [3.8, 4) is 0 Å². The summed E-state index contributed by atoms with van der Waals surface area (Å²) in [7, 11) is 1.84. The third-order valence-electron chi connectivity index (χ3n) is 14.4. The number of nitrogens with zero attached hydrogens (tertiary/aromatic N) is 8. The number of rotatable bonds is 10. The number of nitrogens with two attached hydrogens (primary N) is 1. The summed E-state index contributed by atoms with van der Waals surface area (Å²) in [4.78, 5) is 85.5. The second kappa shape index (κ2) is 15.5. The summed E-state index contributed by atoms with van der Waals surface area (Å²) >= 11 is 0. The maximum Gasteiger partial charge on any atom is 0.320 e. The Hall–Kier alpha value is -6.03. The van der Waals surface area contributed by atoms with Crippen LogP contribution in [0.2, 0.25) is 0 Å². The highest BCUT2D eigenvalue weighted by molar-refractivity contribution is 6.23. The number of hydrogen-bond acceptors (Lipinski definition) is 11. The van der Waals surface area contributed by atoms with E-state index in [2.05, 4.69) is 49.0 Å². The fourth-order valence-corrected chi connectivity index (χ4v) is 10.8. The Morgan fingerprint density at radius 3 is 2.34 bits per heavy atom. The van der Waals surface area contributed by atoms with E-state index in [1.165, 1.54) is 5.56 Å². The van der Waals surface area contributed by atoms with Gasteiger partial charge in [-0.3, -0.25) is 24.1 Å². The summed E-state index contributed by atoms with van der Waals surface area (Å²) in [5.41, 5.74) is 10.2. The Kier molecular flexibility index (Phi) is 9.92. The fourth-order valence-electron chi connectivity index (χ4n) is 10.8. The molecule has 16 nitrogen and oxygen atoms in total. The quantitative estimate of drug-likeness (QED) is 0.254. The van der Waals surface area contributed by atoms with Crippen LogP contribution in [0.3, 0.4) is 0 Å². The lowest BCUT2D eigenvalue weighted by Gasteiger charge is -2.37. The molecule has 2 aromatic carbocycles. The average Bonchev–Trinajstić information content (AvgIpc) is 3.50. The van der Waals surface area contributed by atoms with E-state index < -0.39 is 23.8 Å². The predicted molar refractivity (Wildman–Crippen MR) is 229 cm³/mol.